The Labute approximate surface area is 132 Å². The van der Waals surface area contributed by atoms with Gasteiger partial charge in [0.05, 0.1) is 6.54 Å². The summed E-state index contributed by atoms with van der Waals surface area (Å²) in [5, 5.41) is 2.78. The fourth-order valence-electron chi connectivity index (χ4n) is 2.11. The molecule has 0 fully saturated rings. The standard InChI is InChI=1S/C17H26N2O3/c1-6-19(10-16(20)18-12(2)3)17(21)11-22-15-8-7-13(4)9-14(15)5/h7-9,12H,6,10-11H2,1-5H3,(H,18,20). The van der Waals surface area contributed by atoms with Crippen LogP contribution < -0.4 is 10.1 Å². The van der Waals surface area contributed by atoms with Crippen molar-refractivity contribution < 1.29 is 14.3 Å². The number of nitrogens with zero attached hydrogens (tertiary/aromatic N) is 1. The minimum absolute atomic E-state index is 0.0593. The van der Waals surface area contributed by atoms with Gasteiger partial charge in [0.1, 0.15) is 5.75 Å². The first-order valence-electron chi connectivity index (χ1n) is 7.60. The molecule has 0 aliphatic carbocycles. The van der Waals surface area contributed by atoms with Crippen LogP contribution in [0.1, 0.15) is 31.9 Å². The van der Waals surface area contributed by atoms with Crippen molar-refractivity contribution in [2.45, 2.75) is 40.7 Å². The van der Waals surface area contributed by atoms with Crippen molar-refractivity contribution in [1.82, 2.24) is 10.2 Å². The predicted molar refractivity (Wildman–Crippen MR) is 86.9 cm³/mol. The number of nitrogens with one attached hydrogen (secondary N) is 1. The van der Waals surface area contributed by atoms with Gasteiger partial charge < -0.3 is 15.0 Å². The summed E-state index contributed by atoms with van der Waals surface area (Å²) < 4.78 is 5.58. The van der Waals surface area contributed by atoms with Crippen molar-refractivity contribution in [2.75, 3.05) is 19.7 Å². The first kappa shape index (κ1) is 18.0. The van der Waals surface area contributed by atoms with E-state index in [1.54, 1.807) is 0 Å². The van der Waals surface area contributed by atoms with E-state index in [-0.39, 0.29) is 31.0 Å². The summed E-state index contributed by atoms with van der Waals surface area (Å²) in [6.07, 6.45) is 0. The molecular formula is C17H26N2O3. The molecule has 0 heterocycles. The predicted octanol–water partition coefficient (Wildman–Crippen LogP) is 2.06. The van der Waals surface area contributed by atoms with Crippen molar-refractivity contribution in [1.29, 1.82) is 0 Å². The summed E-state index contributed by atoms with van der Waals surface area (Å²) in [6.45, 7) is 10.0. The lowest BCUT2D eigenvalue weighted by atomic mass is 10.1. The molecule has 0 aromatic heterocycles. The molecule has 122 valence electrons. The molecule has 5 nitrogen and oxygen atoms in total. The maximum absolute atomic E-state index is 12.2. The minimum atomic E-state index is -0.193. The molecule has 0 unspecified atom stereocenters. The maximum atomic E-state index is 12.2. The van der Waals surface area contributed by atoms with Crippen LogP contribution in [0, 0.1) is 13.8 Å². The van der Waals surface area contributed by atoms with Crippen LogP contribution in [0.5, 0.6) is 5.75 Å². The quantitative estimate of drug-likeness (QED) is 0.839. The molecule has 0 spiro atoms. The summed E-state index contributed by atoms with van der Waals surface area (Å²) in [5.41, 5.74) is 2.14. The second-order valence-corrected chi connectivity index (χ2v) is 5.69. The van der Waals surface area contributed by atoms with Gasteiger partial charge in [-0.05, 0) is 46.2 Å². The van der Waals surface area contributed by atoms with Crippen molar-refractivity contribution in [3.8, 4) is 5.75 Å². The molecule has 1 aromatic carbocycles. The highest BCUT2D eigenvalue weighted by Crippen LogP contribution is 2.18. The Morgan fingerprint density at radius 1 is 1.27 bits per heavy atom. The van der Waals surface area contributed by atoms with Gasteiger partial charge >= 0.3 is 0 Å². The smallest absolute Gasteiger partial charge is 0.260 e. The number of carbonyl (C=O) groups is 2. The van der Waals surface area contributed by atoms with Crippen LogP contribution in [-0.2, 0) is 9.59 Å². The Morgan fingerprint density at radius 3 is 2.50 bits per heavy atom. The number of rotatable bonds is 7. The zero-order valence-corrected chi connectivity index (χ0v) is 14.1. The number of benzene rings is 1. The van der Waals surface area contributed by atoms with Crippen LogP contribution in [-0.4, -0.2) is 42.5 Å². The fourth-order valence-corrected chi connectivity index (χ4v) is 2.11. The van der Waals surface area contributed by atoms with Gasteiger partial charge in [0.2, 0.25) is 5.91 Å². The van der Waals surface area contributed by atoms with Crippen LogP contribution in [0.2, 0.25) is 0 Å². The third kappa shape index (κ3) is 5.76. The topological polar surface area (TPSA) is 58.6 Å². The zero-order valence-electron chi connectivity index (χ0n) is 14.1. The summed E-state index contributed by atoms with van der Waals surface area (Å²) in [5.74, 6) is 0.347. The lowest BCUT2D eigenvalue weighted by Gasteiger charge is -2.21. The van der Waals surface area contributed by atoms with E-state index in [4.69, 9.17) is 4.74 Å². The van der Waals surface area contributed by atoms with Crippen LogP contribution >= 0.6 is 0 Å². The van der Waals surface area contributed by atoms with Gasteiger partial charge in [-0.2, -0.15) is 0 Å². The van der Waals surface area contributed by atoms with E-state index in [2.05, 4.69) is 5.32 Å². The highest BCUT2D eigenvalue weighted by Gasteiger charge is 2.16. The van der Waals surface area contributed by atoms with E-state index in [1.165, 1.54) is 4.90 Å². The summed E-state index contributed by atoms with van der Waals surface area (Å²) in [7, 11) is 0. The SMILES string of the molecule is CCN(CC(=O)NC(C)C)C(=O)COc1ccc(C)cc1C. The Hall–Kier alpha value is -2.04. The minimum Gasteiger partial charge on any atom is -0.484 e. The highest BCUT2D eigenvalue weighted by molar-refractivity contribution is 5.85. The van der Waals surface area contributed by atoms with Gasteiger partial charge in [-0.3, -0.25) is 9.59 Å². The number of aryl methyl sites for hydroxylation is 2. The Bertz CT molecular complexity index is 527. The molecule has 5 heteroatoms. The van der Waals surface area contributed by atoms with Crippen molar-refractivity contribution in [2.24, 2.45) is 0 Å². The maximum Gasteiger partial charge on any atom is 0.260 e. The van der Waals surface area contributed by atoms with E-state index in [1.807, 2.05) is 52.8 Å². The van der Waals surface area contributed by atoms with Crippen molar-refractivity contribution in [3.05, 3.63) is 29.3 Å². The Morgan fingerprint density at radius 2 is 1.95 bits per heavy atom. The molecule has 0 atom stereocenters. The molecule has 1 aromatic rings. The Kier molecular flexibility index (Phi) is 6.89. The Balaban J connectivity index is 2.56. The first-order valence-corrected chi connectivity index (χ1v) is 7.60. The average Bonchev–Trinajstić information content (AvgIpc) is 2.42. The fraction of sp³-hybridized carbons (Fsp3) is 0.529. The monoisotopic (exact) mass is 306 g/mol. The summed E-state index contributed by atoms with van der Waals surface area (Å²) in [6, 6.07) is 5.88. The number of likely N-dealkylation sites (N-methyl/N-ethyl adjacent to an activating group) is 1. The lowest BCUT2D eigenvalue weighted by Crippen LogP contribution is -2.44. The van der Waals surface area contributed by atoms with Gasteiger partial charge in [0.25, 0.3) is 5.91 Å². The van der Waals surface area contributed by atoms with Gasteiger partial charge in [0, 0.05) is 12.6 Å². The summed E-state index contributed by atoms with van der Waals surface area (Å²) in [4.78, 5) is 25.4. The molecule has 0 radical (unpaired) electrons. The summed E-state index contributed by atoms with van der Waals surface area (Å²) >= 11 is 0. The van der Waals surface area contributed by atoms with E-state index < -0.39 is 0 Å². The lowest BCUT2D eigenvalue weighted by molar-refractivity contribution is -0.137. The van der Waals surface area contributed by atoms with E-state index in [9.17, 15) is 9.59 Å². The molecule has 1 N–H and O–H groups in total. The number of amides is 2. The second-order valence-electron chi connectivity index (χ2n) is 5.69. The number of carbonyl (C=O) groups excluding carboxylic acids is 2. The van der Waals surface area contributed by atoms with E-state index in [0.29, 0.717) is 12.3 Å². The molecule has 0 saturated carbocycles. The van der Waals surface area contributed by atoms with E-state index in [0.717, 1.165) is 11.1 Å². The first-order chi connectivity index (χ1) is 10.3. The number of ether oxygens (including phenoxy) is 1. The van der Waals surface area contributed by atoms with Gasteiger partial charge in [-0.1, -0.05) is 17.7 Å². The van der Waals surface area contributed by atoms with Crippen LogP contribution in [0.15, 0.2) is 18.2 Å². The third-order valence-electron chi connectivity index (χ3n) is 3.20. The van der Waals surface area contributed by atoms with Gasteiger partial charge in [-0.15, -0.1) is 0 Å². The number of hydrogen-bond acceptors (Lipinski definition) is 3. The molecule has 0 saturated heterocycles. The normalized spacial score (nSPS) is 10.5. The number of hydrogen-bond donors (Lipinski definition) is 1. The highest BCUT2D eigenvalue weighted by atomic mass is 16.5. The molecule has 22 heavy (non-hydrogen) atoms. The van der Waals surface area contributed by atoms with Crippen LogP contribution in [0.4, 0.5) is 0 Å². The molecule has 0 aliphatic heterocycles. The second kappa shape index (κ2) is 8.41. The van der Waals surface area contributed by atoms with Crippen molar-refractivity contribution >= 4 is 11.8 Å². The van der Waals surface area contributed by atoms with E-state index >= 15 is 0 Å². The van der Waals surface area contributed by atoms with Crippen LogP contribution in [0.25, 0.3) is 0 Å². The van der Waals surface area contributed by atoms with Crippen LogP contribution in [0.3, 0.4) is 0 Å². The molecule has 2 amide bonds. The van der Waals surface area contributed by atoms with Gasteiger partial charge in [-0.25, -0.2) is 0 Å². The molecule has 1 rings (SSSR count). The molecular weight excluding hydrogens is 280 g/mol. The zero-order chi connectivity index (χ0) is 16.7. The molecule has 0 bridgehead atoms. The molecule has 0 aliphatic rings. The third-order valence-corrected chi connectivity index (χ3v) is 3.20. The van der Waals surface area contributed by atoms with Crippen molar-refractivity contribution in [3.63, 3.8) is 0 Å². The average molecular weight is 306 g/mol. The van der Waals surface area contributed by atoms with Gasteiger partial charge in [0.15, 0.2) is 6.61 Å². The largest absolute Gasteiger partial charge is 0.484 e.